The fourth-order valence-corrected chi connectivity index (χ4v) is 2.95. The highest BCUT2D eigenvalue weighted by Crippen LogP contribution is 2.32. The van der Waals surface area contributed by atoms with E-state index < -0.39 is 0 Å². The lowest BCUT2D eigenvalue weighted by Crippen LogP contribution is -2.17. The fraction of sp³-hybridized carbons (Fsp3) is 0.0769. The second kappa shape index (κ2) is 5.64. The summed E-state index contributed by atoms with van der Waals surface area (Å²) >= 11 is 4.89. The first-order chi connectivity index (χ1) is 9.72. The number of thiophene rings is 1. The van der Waals surface area contributed by atoms with Crippen LogP contribution in [-0.4, -0.2) is 18.9 Å². The molecule has 0 unspecified atom stereocenters. The fourth-order valence-electron chi connectivity index (χ4n) is 1.65. The van der Waals surface area contributed by atoms with Crippen molar-refractivity contribution >= 4 is 39.4 Å². The van der Waals surface area contributed by atoms with Crippen LogP contribution in [0, 0.1) is 0 Å². The molecule has 0 bridgehead atoms. The van der Waals surface area contributed by atoms with Crippen molar-refractivity contribution in [2.45, 2.75) is 0 Å². The van der Waals surface area contributed by atoms with E-state index in [4.69, 9.17) is 9.47 Å². The molecule has 0 atom stereocenters. The zero-order valence-electron chi connectivity index (χ0n) is 10.1. The van der Waals surface area contributed by atoms with Crippen LogP contribution in [0.5, 0.6) is 11.5 Å². The summed E-state index contributed by atoms with van der Waals surface area (Å²) in [6, 6.07) is 8.84. The van der Waals surface area contributed by atoms with Gasteiger partial charge >= 0.3 is 0 Å². The number of hydrogen-bond donors (Lipinski definition) is 1. The molecule has 2 heterocycles. The molecule has 1 N–H and O–H groups in total. The summed E-state index contributed by atoms with van der Waals surface area (Å²) < 4.78 is 11.4. The number of nitrogens with one attached hydrogen (secondary N) is 1. The van der Waals surface area contributed by atoms with Gasteiger partial charge in [-0.2, -0.15) is 5.10 Å². The van der Waals surface area contributed by atoms with Gasteiger partial charge in [-0.05, 0) is 46.3 Å². The van der Waals surface area contributed by atoms with Crippen molar-refractivity contribution < 1.29 is 14.3 Å². The molecule has 1 aromatic heterocycles. The Kier molecular flexibility index (Phi) is 3.70. The minimum absolute atomic E-state index is 0.186. The monoisotopic (exact) mass is 352 g/mol. The number of fused-ring (bicyclic) bond motifs is 1. The molecule has 0 radical (unpaired) electrons. The lowest BCUT2D eigenvalue weighted by molar-refractivity contribution is 0.0954. The molecule has 0 spiro atoms. The lowest BCUT2D eigenvalue weighted by atomic mass is 10.2. The molecule has 102 valence electrons. The first-order valence-electron chi connectivity index (χ1n) is 5.71. The second-order valence-corrected chi connectivity index (χ2v) is 6.40. The molecular weight excluding hydrogens is 344 g/mol. The van der Waals surface area contributed by atoms with Gasteiger partial charge in [0.05, 0.1) is 10.0 Å². The second-order valence-electron chi connectivity index (χ2n) is 3.91. The molecule has 1 aliphatic rings. The Hall–Kier alpha value is -1.86. The summed E-state index contributed by atoms with van der Waals surface area (Å²) in [5, 5.41) is 3.92. The molecule has 0 fully saturated rings. The number of amides is 1. The smallest absolute Gasteiger partial charge is 0.271 e. The predicted molar refractivity (Wildman–Crippen MR) is 79.6 cm³/mol. The van der Waals surface area contributed by atoms with Crippen molar-refractivity contribution in [3.63, 3.8) is 0 Å². The molecule has 0 aliphatic carbocycles. The normalized spacial score (nSPS) is 12.8. The molecule has 7 heteroatoms. The van der Waals surface area contributed by atoms with Gasteiger partial charge in [0, 0.05) is 10.4 Å². The van der Waals surface area contributed by atoms with Crippen molar-refractivity contribution in [1.29, 1.82) is 0 Å². The zero-order chi connectivity index (χ0) is 13.9. The highest BCUT2D eigenvalue weighted by atomic mass is 79.9. The lowest BCUT2D eigenvalue weighted by Gasteiger charge is -2.01. The third-order valence-corrected chi connectivity index (χ3v) is 4.14. The number of carbonyl (C=O) groups is 1. The zero-order valence-corrected chi connectivity index (χ0v) is 12.5. The van der Waals surface area contributed by atoms with Gasteiger partial charge in [-0.25, -0.2) is 5.43 Å². The van der Waals surface area contributed by atoms with Gasteiger partial charge in [-0.15, -0.1) is 11.3 Å². The number of rotatable bonds is 3. The molecule has 0 saturated heterocycles. The average Bonchev–Trinajstić information content (AvgIpc) is 3.06. The summed E-state index contributed by atoms with van der Waals surface area (Å²) in [5.74, 6) is 0.924. The van der Waals surface area contributed by atoms with Gasteiger partial charge in [-0.1, -0.05) is 0 Å². The summed E-state index contributed by atoms with van der Waals surface area (Å²) in [4.78, 5) is 12.9. The van der Waals surface area contributed by atoms with Crippen LogP contribution in [-0.2, 0) is 0 Å². The molecule has 5 nitrogen and oxygen atoms in total. The van der Waals surface area contributed by atoms with E-state index in [9.17, 15) is 4.79 Å². The quantitative estimate of drug-likeness (QED) is 0.682. The van der Waals surface area contributed by atoms with Crippen LogP contribution >= 0.6 is 27.3 Å². The van der Waals surface area contributed by atoms with Gasteiger partial charge in [0.25, 0.3) is 5.91 Å². The van der Waals surface area contributed by atoms with Crippen LogP contribution in [0.25, 0.3) is 0 Å². The van der Waals surface area contributed by atoms with Crippen molar-refractivity contribution in [1.82, 2.24) is 5.43 Å². The Morgan fingerprint density at radius 1 is 1.30 bits per heavy atom. The third kappa shape index (κ3) is 2.83. The highest BCUT2D eigenvalue weighted by molar-refractivity contribution is 9.11. The largest absolute Gasteiger partial charge is 0.454 e. The van der Waals surface area contributed by atoms with E-state index in [0.717, 1.165) is 8.66 Å². The van der Waals surface area contributed by atoms with Crippen LogP contribution in [0.2, 0.25) is 0 Å². The van der Waals surface area contributed by atoms with Crippen LogP contribution in [0.1, 0.15) is 15.2 Å². The van der Waals surface area contributed by atoms with E-state index in [-0.39, 0.29) is 12.7 Å². The Labute approximate surface area is 127 Å². The number of benzene rings is 1. The Morgan fingerprint density at radius 2 is 2.15 bits per heavy atom. The summed E-state index contributed by atoms with van der Waals surface area (Å²) in [6.45, 7) is 0.186. The molecule has 20 heavy (non-hydrogen) atoms. The van der Waals surface area contributed by atoms with Crippen molar-refractivity contribution in [2.75, 3.05) is 6.79 Å². The first-order valence-corrected chi connectivity index (χ1v) is 7.32. The average molecular weight is 353 g/mol. The Bertz CT molecular complexity index is 684. The molecule has 1 aliphatic heterocycles. The summed E-state index contributed by atoms with van der Waals surface area (Å²) in [5.41, 5.74) is 2.94. The third-order valence-electron chi connectivity index (χ3n) is 2.59. The maximum Gasteiger partial charge on any atom is 0.271 e. The first kappa shape index (κ1) is 13.1. The van der Waals surface area contributed by atoms with E-state index in [1.807, 2.05) is 12.1 Å². The number of hydrogen-bond acceptors (Lipinski definition) is 5. The minimum atomic E-state index is -0.296. The molecule has 2 aromatic rings. The molecular formula is C13H9BrN2O3S. The highest BCUT2D eigenvalue weighted by Gasteiger charge is 2.15. The maximum absolute atomic E-state index is 11.9. The molecule has 1 aromatic carbocycles. The number of carbonyl (C=O) groups excluding carboxylic acids is 1. The van der Waals surface area contributed by atoms with Gasteiger partial charge in [0.1, 0.15) is 0 Å². The van der Waals surface area contributed by atoms with Gasteiger partial charge < -0.3 is 9.47 Å². The molecule has 1 amide bonds. The van der Waals surface area contributed by atoms with E-state index >= 15 is 0 Å². The predicted octanol–water partition coefficient (Wildman–Crippen LogP) is 3.00. The SMILES string of the molecule is O=C(N/N=C\c1ccc(Br)s1)c1ccc2c(c1)OCO2. The summed E-state index contributed by atoms with van der Waals surface area (Å²) in [7, 11) is 0. The van der Waals surface area contributed by atoms with Crippen LogP contribution in [0.3, 0.4) is 0 Å². The summed E-state index contributed by atoms with van der Waals surface area (Å²) in [6.07, 6.45) is 1.60. The van der Waals surface area contributed by atoms with Crippen LogP contribution < -0.4 is 14.9 Å². The number of hydrazone groups is 1. The Balaban J connectivity index is 1.66. The van der Waals surface area contributed by atoms with E-state index in [0.29, 0.717) is 17.1 Å². The van der Waals surface area contributed by atoms with Crippen LogP contribution in [0.4, 0.5) is 0 Å². The van der Waals surface area contributed by atoms with Gasteiger partial charge in [0.2, 0.25) is 6.79 Å². The van der Waals surface area contributed by atoms with Gasteiger partial charge in [0.15, 0.2) is 11.5 Å². The van der Waals surface area contributed by atoms with Gasteiger partial charge in [-0.3, -0.25) is 4.79 Å². The number of ether oxygens (including phenoxy) is 2. The van der Waals surface area contributed by atoms with E-state index in [1.54, 1.807) is 24.4 Å². The van der Waals surface area contributed by atoms with Crippen molar-refractivity contribution in [3.05, 3.63) is 44.6 Å². The van der Waals surface area contributed by atoms with Crippen molar-refractivity contribution in [2.24, 2.45) is 5.10 Å². The molecule has 0 saturated carbocycles. The topological polar surface area (TPSA) is 59.9 Å². The maximum atomic E-state index is 11.9. The number of nitrogens with zero attached hydrogens (tertiary/aromatic N) is 1. The van der Waals surface area contributed by atoms with E-state index in [1.165, 1.54) is 11.3 Å². The van der Waals surface area contributed by atoms with Crippen LogP contribution in [0.15, 0.2) is 39.2 Å². The minimum Gasteiger partial charge on any atom is -0.454 e. The standard InChI is InChI=1S/C13H9BrN2O3S/c14-12-4-2-9(20-12)6-15-16-13(17)8-1-3-10-11(5-8)19-7-18-10/h1-6H,7H2,(H,16,17)/b15-6-. The Morgan fingerprint density at radius 3 is 2.95 bits per heavy atom. The van der Waals surface area contributed by atoms with E-state index in [2.05, 4.69) is 26.5 Å². The molecule has 3 rings (SSSR count). The van der Waals surface area contributed by atoms with Crippen molar-refractivity contribution in [3.8, 4) is 11.5 Å². The number of halogens is 1.